The number of sulfonamides is 1. The molecule has 3 heterocycles. The van der Waals surface area contributed by atoms with E-state index in [0.717, 1.165) is 16.7 Å². The number of ether oxygens (including phenoxy) is 1. The first-order valence-corrected chi connectivity index (χ1v) is 11.2. The molecule has 0 atom stereocenters. The van der Waals surface area contributed by atoms with Gasteiger partial charge in [-0.2, -0.15) is 4.31 Å². The molecule has 1 aliphatic heterocycles. The van der Waals surface area contributed by atoms with Gasteiger partial charge in [0.05, 0.1) is 18.4 Å². The summed E-state index contributed by atoms with van der Waals surface area (Å²) in [6.07, 6.45) is 5.19. The highest BCUT2D eigenvalue weighted by molar-refractivity contribution is 7.88. The molecule has 0 saturated heterocycles. The minimum atomic E-state index is -3.22. The summed E-state index contributed by atoms with van der Waals surface area (Å²) in [5.74, 6) is 0.109. The fourth-order valence-corrected chi connectivity index (χ4v) is 4.59. The van der Waals surface area contributed by atoms with E-state index in [2.05, 4.69) is 9.97 Å². The van der Waals surface area contributed by atoms with Crippen LogP contribution < -0.4 is 4.74 Å². The molecule has 152 valence electrons. The minimum absolute atomic E-state index is 0.322. The number of aromatic amines is 1. The average Bonchev–Trinajstić information content (AvgIpc) is 3.11. The topological polar surface area (TPSA) is 75.3 Å². The van der Waals surface area contributed by atoms with E-state index in [1.807, 2.05) is 12.1 Å². The molecule has 0 fully saturated rings. The molecule has 0 spiro atoms. The molecule has 0 saturated carbocycles. The zero-order valence-electron chi connectivity index (χ0n) is 15.9. The molecule has 29 heavy (non-hydrogen) atoms. The van der Waals surface area contributed by atoms with Crippen molar-refractivity contribution >= 4 is 38.2 Å². The lowest BCUT2D eigenvalue weighted by molar-refractivity contribution is 0.415. The van der Waals surface area contributed by atoms with E-state index >= 15 is 0 Å². The first-order valence-electron chi connectivity index (χ1n) is 8.93. The van der Waals surface area contributed by atoms with Crippen LogP contribution in [0, 0.1) is 5.82 Å². The van der Waals surface area contributed by atoms with Crippen molar-refractivity contribution in [3.05, 3.63) is 53.1 Å². The van der Waals surface area contributed by atoms with E-state index < -0.39 is 15.8 Å². The fraction of sp³-hybridized carbons (Fsp3) is 0.250. The Morgan fingerprint density at radius 1 is 1.31 bits per heavy atom. The normalized spacial score (nSPS) is 15.5. The van der Waals surface area contributed by atoms with E-state index in [4.69, 9.17) is 16.3 Å². The van der Waals surface area contributed by atoms with Crippen LogP contribution in [0.15, 0.2) is 36.5 Å². The molecule has 0 radical (unpaired) electrons. The zero-order valence-corrected chi connectivity index (χ0v) is 17.4. The number of benzene rings is 1. The Morgan fingerprint density at radius 2 is 2.10 bits per heavy atom. The van der Waals surface area contributed by atoms with Crippen LogP contribution in [0.1, 0.15) is 12.1 Å². The van der Waals surface area contributed by atoms with E-state index in [1.165, 1.54) is 36.0 Å². The number of rotatable bonds is 4. The Kier molecular flexibility index (Phi) is 5.10. The van der Waals surface area contributed by atoms with Crippen LogP contribution in [0.25, 0.3) is 27.7 Å². The van der Waals surface area contributed by atoms with Crippen LogP contribution in [-0.4, -0.2) is 49.1 Å². The minimum Gasteiger partial charge on any atom is -0.496 e. The number of halogens is 2. The van der Waals surface area contributed by atoms with Crippen LogP contribution in [0.2, 0.25) is 5.02 Å². The van der Waals surface area contributed by atoms with Gasteiger partial charge in [0.2, 0.25) is 10.0 Å². The highest BCUT2D eigenvalue weighted by Crippen LogP contribution is 2.40. The number of hydrogen-bond donors (Lipinski definition) is 1. The number of methoxy groups -OCH3 is 1. The first kappa shape index (κ1) is 19.9. The van der Waals surface area contributed by atoms with Crippen molar-refractivity contribution in [3.8, 4) is 16.9 Å². The number of H-pyrrole nitrogens is 1. The lowest BCUT2D eigenvalue weighted by atomic mass is 10.0. The molecule has 0 aliphatic carbocycles. The van der Waals surface area contributed by atoms with Gasteiger partial charge in [0.25, 0.3) is 0 Å². The molecule has 1 N–H and O–H groups in total. The molecule has 0 unspecified atom stereocenters. The standard InChI is InChI=1S/C20H19ClFN3O3S/c1-28-18-4-3-13(22)9-14(18)19-15-10-17(24-20(15)23-11-16(19)21)12-5-7-25(8-6-12)29(2,26)27/h3-5,9-11H,6-8H2,1-2H3,(H,23,24). The lowest BCUT2D eigenvalue weighted by Crippen LogP contribution is -2.33. The summed E-state index contributed by atoms with van der Waals surface area (Å²) in [5, 5.41) is 1.12. The molecule has 2 aromatic heterocycles. The van der Waals surface area contributed by atoms with E-state index in [9.17, 15) is 12.8 Å². The molecule has 0 amide bonds. The maximum Gasteiger partial charge on any atom is 0.211 e. The monoisotopic (exact) mass is 435 g/mol. The number of pyridine rings is 1. The van der Waals surface area contributed by atoms with Crippen molar-refractivity contribution in [1.29, 1.82) is 0 Å². The first-order chi connectivity index (χ1) is 13.8. The molecular formula is C20H19ClFN3O3S. The predicted octanol–water partition coefficient (Wildman–Crippen LogP) is 4.08. The third-order valence-corrected chi connectivity index (χ3v) is 6.59. The maximum atomic E-state index is 13.9. The van der Waals surface area contributed by atoms with Crippen molar-refractivity contribution in [2.75, 3.05) is 26.5 Å². The second-order valence-electron chi connectivity index (χ2n) is 6.87. The molecular weight excluding hydrogens is 417 g/mol. The predicted molar refractivity (Wildman–Crippen MR) is 112 cm³/mol. The van der Waals surface area contributed by atoms with Crippen LogP contribution in [0.5, 0.6) is 5.75 Å². The van der Waals surface area contributed by atoms with Crippen LogP contribution in [0.3, 0.4) is 0 Å². The summed E-state index contributed by atoms with van der Waals surface area (Å²) < 4.78 is 44.2. The van der Waals surface area contributed by atoms with E-state index in [-0.39, 0.29) is 0 Å². The number of nitrogens with one attached hydrogen (secondary N) is 1. The second kappa shape index (κ2) is 7.44. The van der Waals surface area contributed by atoms with Crippen LogP contribution in [-0.2, 0) is 10.0 Å². The Hall–Kier alpha value is -2.42. The van der Waals surface area contributed by atoms with Gasteiger partial charge in [0, 0.05) is 41.5 Å². The number of fused-ring (bicyclic) bond motifs is 1. The molecule has 1 aliphatic rings. The fourth-order valence-electron chi connectivity index (χ4n) is 3.57. The second-order valence-corrected chi connectivity index (χ2v) is 9.26. The highest BCUT2D eigenvalue weighted by atomic mass is 35.5. The number of nitrogens with zero attached hydrogens (tertiary/aromatic N) is 2. The van der Waals surface area contributed by atoms with Gasteiger partial charge >= 0.3 is 0 Å². The largest absolute Gasteiger partial charge is 0.496 e. The lowest BCUT2D eigenvalue weighted by Gasteiger charge is -2.23. The molecule has 3 aromatic rings. The Balaban J connectivity index is 1.82. The van der Waals surface area contributed by atoms with Gasteiger partial charge in [-0.15, -0.1) is 0 Å². The van der Waals surface area contributed by atoms with Gasteiger partial charge in [-0.3, -0.25) is 0 Å². The van der Waals surface area contributed by atoms with Gasteiger partial charge in [-0.25, -0.2) is 17.8 Å². The molecule has 6 nitrogen and oxygen atoms in total. The zero-order chi connectivity index (χ0) is 20.8. The SMILES string of the molecule is COc1ccc(F)cc1-c1c(Cl)cnc2[nH]c(C3=CCN(S(C)(=O)=O)CC3)cc12. The quantitative estimate of drug-likeness (QED) is 0.670. The molecule has 9 heteroatoms. The van der Waals surface area contributed by atoms with E-state index in [0.29, 0.717) is 47.1 Å². The molecule has 4 rings (SSSR count). The summed E-state index contributed by atoms with van der Waals surface area (Å²) in [4.78, 5) is 7.63. The third-order valence-electron chi connectivity index (χ3n) is 5.03. The van der Waals surface area contributed by atoms with Crippen molar-refractivity contribution in [1.82, 2.24) is 14.3 Å². The van der Waals surface area contributed by atoms with Gasteiger partial charge in [0.15, 0.2) is 0 Å². The Morgan fingerprint density at radius 3 is 2.76 bits per heavy atom. The summed E-state index contributed by atoms with van der Waals surface area (Å²) in [6.45, 7) is 0.737. The maximum absolute atomic E-state index is 13.9. The van der Waals surface area contributed by atoms with Crippen molar-refractivity contribution in [2.24, 2.45) is 0 Å². The molecule has 0 bridgehead atoms. The van der Waals surface area contributed by atoms with Crippen molar-refractivity contribution in [2.45, 2.75) is 6.42 Å². The van der Waals surface area contributed by atoms with Crippen LogP contribution in [0.4, 0.5) is 4.39 Å². The van der Waals surface area contributed by atoms with Gasteiger partial charge in [-0.1, -0.05) is 17.7 Å². The van der Waals surface area contributed by atoms with Crippen molar-refractivity contribution in [3.63, 3.8) is 0 Å². The van der Waals surface area contributed by atoms with Gasteiger partial charge < -0.3 is 9.72 Å². The van der Waals surface area contributed by atoms with Gasteiger partial charge in [-0.05, 0) is 36.3 Å². The smallest absolute Gasteiger partial charge is 0.211 e. The van der Waals surface area contributed by atoms with Crippen molar-refractivity contribution < 1.29 is 17.5 Å². The van der Waals surface area contributed by atoms with E-state index in [1.54, 1.807) is 6.07 Å². The average molecular weight is 436 g/mol. The summed E-state index contributed by atoms with van der Waals surface area (Å²) >= 11 is 6.44. The highest BCUT2D eigenvalue weighted by Gasteiger charge is 2.22. The Labute approximate surface area is 173 Å². The molecule has 1 aromatic carbocycles. The van der Waals surface area contributed by atoms with Crippen LogP contribution >= 0.6 is 11.6 Å². The Bertz CT molecular complexity index is 1240. The third kappa shape index (κ3) is 3.75. The number of hydrogen-bond acceptors (Lipinski definition) is 4. The summed E-state index contributed by atoms with van der Waals surface area (Å²) in [7, 11) is -1.70. The summed E-state index contributed by atoms with van der Waals surface area (Å²) in [5.41, 5.74) is 3.61. The van der Waals surface area contributed by atoms with Gasteiger partial charge in [0.1, 0.15) is 17.2 Å². The number of aromatic nitrogens is 2. The summed E-state index contributed by atoms with van der Waals surface area (Å²) in [6, 6.07) is 6.19.